The van der Waals surface area contributed by atoms with E-state index in [1.54, 1.807) is 13.0 Å². The fourth-order valence-electron chi connectivity index (χ4n) is 3.61. The highest BCUT2D eigenvalue weighted by Gasteiger charge is 2.30. The van der Waals surface area contributed by atoms with E-state index in [0.29, 0.717) is 9.82 Å². The highest BCUT2D eigenvalue weighted by Crippen LogP contribution is 2.22. The van der Waals surface area contributed by atoms with E-state index in [2.05, 4.69) is 4.99 Å². The van der Waals surface area contributed by atoms with Gasteiger partial charge in [0.1, 0.15) is 0 Å². The van der Waals surface area contributed by atoms with E-state index >= 15 is 0 Å². The minimum Gasteiger partial charge on any atom is -0.450 e. The van der Waals surface area contributed by atoms with Crippen LogP contribution in [0.4, 0.5) is 4.79 Å². The Balaban J connectivity index is 1.50. The Morgan fingerprint density at radius 1 is 1.09 bits per heavy atom. The van der Waals surface area contributed by atoms with E-state index in [9.17, 15) is 18.0 Å². The maximum Gasteiger partial charge on any atom is 0.409 e. The maximum absolute atomic E-state index is 13.0. The lowest BCUT2D eigenvalue weighted by atomic mass is 10.2. The van der Waals surface area contributed by atoms with Crippen LogP contribution in [0.1, 0.15) is 17.3 Å². The number of aromatic nitrogens is 1. The molecule has 180 valence electrons. The third-order valence-electron chi connectivity index (χ3n) is 5.47. The van der Waals surface area contributed by atoms with Crippen LogP contribution in [-0.4, -0.2) is 67.0 Å². The molecule has 0 spiro atoms. The Kier molecular flexibility index (Phi) is 7.08. The molecule has 0 atom stereocenters. The summed E-state index contributed by atoms with van der Waals surface area (Å²) in [7, 11) is -1.94. The van der Waals surface area contributed by atoms with Crippen molar-refractivity contribution in [1.29, 1.82) is 0 Å². The van der Waals surface area contributed by atoms with Crippen molar-refractivity contribution in [3.8, 4) is 0 Å². The number of aryl methyl sites for hydroxylation is 1. The zero-order valence-electron chi connectivity index (χ0n) is 18.6. The van der Waals surface area contributed by atoms with E-state index in [-0.39, 0.29) is 43.2 Å². The van der Waals surface area contributed by atoms with Gasteiger partial charge >= 0.3 is 6.09 Å². The van der Waals surface area contributed by atoms with E-state index in [1.807, 2.05) is 23.7 Å². The SMILES string of the molecule is CCOC(=O)N1CCN(S(=O)(=O)c2ccc(C(=O)N=c3sc4cc(Cl)ccc4n3C)cc2)CC1. The van der Waals surface area contributed by atoms with Crippen LogP contribution in [0.15, 0.2) is 52.4 Å². The Morgan fingerprint density at radius 2 is 1.76 bits per heavy atom. The number of carbonyl (C=O) groups excluding carboxylic acids is 2. The Morgan fingerprint density at radius 3 is 2.41 bits per heavy atom. The van der Waals surface area contributed by atoms with Gasteiger partial charge in [-0.25, -0.2) is 13.2 Å². The fraction of sp³-hybridized carbons (Fsp3) is 0.318. The Bertz CT molecular complexity index is 1410. The molecule has 1 aliphatic heterocycles. The maximum atomic E-state index is 13.0. The average Bonchev–Trinajstić information content (AvgIpc) is 3.13. The molecule has 1 aliphatic rings. The first kappa shape index (κ1) is 24.4. The van der Waals surface area contributed by atoms with Gasteiger partial charge in [-0.05, 0) is 49.4 Å². The predicted octanol–water partition coefficient (Wildman–Crippen LogP) is 3.10. The molecule has 0 aliphatic carbocycles. The molecule has 9 nitrogen and oxygen atoms in total. The number of thiazole rings is 1. The third kappa shape index (κ3) is 4.88. The number of sulfonamides is 1. The molecule has 4 rings (SSSR count). The number of nitrogens with zero attached hydrogens (tertiary/aromatic N) is 4. The lowest BCUT2D eigenvalue weighted by molar-refractivity contribution is 0.0933. The van der Waals surface area contributed by atoms with Crippen LogP contribution in [0.2, 0.25) is 5.02 Å². The second kappa shape index (κ2) is 9.87. The summed E-state index contributed by atoms with van der Waals surface area (Å²) in [6.07, 6.45) is -0.443. The molecule has 0 radical (unpaired) electrons. The fourth-order valence-corrected chi connectivity index (χ4v) is 6.33. The van der Waals surface area contributed by atoms with Crippen LogP contribution < -0.4 is 4.80 Å². The van der Waals surface area contributed by atoms with Gasteiger partial charge in [0.05, 0.1) is 21.7 Å². The molecular weight excluding hydrogens is 500 g/mol. The van der Waals surface area contributed by atoms with E-state index < -0.39 is 22.0 Å². The average molecular weight is 523 g/mol. The van der Waals surface area contributed by atoms with Gasteiger partial charge in [-0.3, -0.25) is 4.79 Å². The minimum absolute atomic E-state index is 0.0793. The monoisotopic (exact) mass is 522 g/mol. The molecule has 0 bridgehead atoms. The summed E-state index contributed by atoms with van der Waals surface area (Å²) in [5.74, 6) is -0.472. The lowest BCUT2D eigenvalue weighted by Crippen LogP contribution is -2.50. The third-order valence-corrected chi connectivity index (χ3v) is 8.71. The molecule has 0 unspecified atom stereocenters. The van der Waals surface area contributed by atoms with Crippen LogP contribution >= 0.6 is 22.9 Å². The van der Waals surface area contributed by atoms with Crippen LogP contribution in [0, 0.1) is 0 Å². The Labute approximate surface area is 205 Å². The second-order valence-corrected chi connectivity index (χ2v) is 11.0. The number of benzene rings is 2. The van der Waals surface area contributed by atoms with Crippen molar-refractivity contribution >= 4 is 55.2 Å². The van der Waals surface area contributed by atoms with Gasteiger partial charge in [0.15, 0.2) is 4.80 Å². The summed E-state index contributed by atoms with van der Waals surface area (Å²) in [5, 5.41) is 0.603. The molecule has 1 fully saturated rings. The van der Waals surface area contributed by atoms with Gasteiger partial charge in [-0.2, -0.15) is 9.30 Å². The number of piperazine rings is 1. The molecule has 1 aromatic heterocycles. The molecule has 0 N–H and O–H groups in total. The quantitative estimate of drug-likeness (QED) is 0.524. The first-order valence-corrected chi connectivity index (χ1v) is 13.2. The summed E-state index contributed by atoms with van der Waals surface area (Å²) in [6.45, 7) is 2.84. The predicted molar refractivity (Wildman–Crippen MR) is 129 cm³/mol. The van der Waals surface area contributed by atoms with Gasteiger partial charge in [0, 0.05) is 43.8 Å². The largest absolute Gasteiger partial charge is 0.450 e. The normalized spacial score (nSPS) is 15.6. The highest BCUT2D eigenvalue weighted by molar-refractivity contribution is 7.89. The van der Waals surface area contributed by atoms with Gasteiger partial charge < -0.3 is 14.2 Å². The van der Waals surface area contributed by atoms with Crippen LogP contribution in [0.3, 0.4) is 0 Å². The number of ether oxygens (including phenoxy) is 1. The summed E-state index contributed by atoms with van der Waals surface area (Å²) in [4.78, 5) is 30.8. The standard InChI is InChI=1S/C22H23ClN4O5S2/c1-3-32-22(29)26-10-12-27(13-11-26)34(30,31)17-7-4-15(5-8-17)20(28)24-21-25(2)18-9-6-16(23)14-19(18)33-21/h4-9,14H,3,10-13H2,1-2H3. The summed E-state index contributed by atoms with van der Waals surface area (Å²) in [5.41, 5.74) is 1.19. The van der Waals surface area contributed by atoms with E-state index in [0.717, 1.165) is 10.2 Å². The second-order valence-electron chi connectivity index (χ2n) is 7.59. The number of hydrogen-bond acceptors (Lipinski definition) is 6. The van der Waals surface area contributed by atoms with Gasteiger partial charge in [0.25, 0.3) is 5.91 Å². The molecule has 2 amide bonds. The molecule has 0 saturated carbocycles. The molecule has 2 aromatic carbocycles. The molecule has 34 heavy (non-hydrogen) atoms. The summed E-state index contributed by atoms with van der Waals surface area (Å²) < 4.78 is 35.0. The molecule has 2 heterocycles. The van der Waals surface area contributed by atoms with Crippen LogP contribution in [-0.2, 0) is 21.8 Å². The van der Waals surface area contributed by atoms with Crippen molar-refractivity contribution in [2.45, 2.75) is 11.8 Å². The van der Waals surface area contributed by atoms with Crippen LogP contribution in [0.25, 0.3) is 10.2 Å². The zero-order valence-corrected chi connectivity index (χ0v) is 21.0. The van der Waals surface area contributed by atoms with Gasteiger partial charge in [-0.15, -0.1) is 0 Å². The van der Waals surface area contributed by atoms with Crippen molar-refractivity contribution < 1.29 is 22.7 Å². The number of fused-ring (bicyclic) bond motifs is 1. The lowest BCUT2D eigenvalue weighted by Gasteiger charge is -2.33. The van der Waals surface area contributed by atoms with Crippen molar-refractivity contribution in [2.24, 2.45) is 12.0 Å². The molecule has 3 aromatic rings. The molecular formula is C22H23ClN4O5S2. The highest BCUT2D eigenvalue weighted by atomic mass is 35.5. The van der Waals surface area contributed by atoms with Gasteiger partial charge in [0.2, 0.25) is 10.0 Å². The number of rotatable bonds is 4. The number of amides is 2. The molecule has 12 heteroatoms. The van der Waals surface area contributed by atoms with Gasteiger partial charge in [-0.1, -0.05) is 22.9 Å². The number of halogens is 1. The first-order chi connectivity index (χ1) is 16.2. The summed E-state index contributed by atoms with van der Waals surface area (Å²) >= 11 is 7.39. The summed E-state index contributed by atoms with van der Waals surface area (Å²) in [6, 6.07) is 11.2. The first-order valence-electron chi connectivity index (χ1n) is 10.6. The smallest absolute Gasteiger partial charge is 0.409 e. The Hall–Kier alpha value is -2.73. The minimum atomic E-state index is -3.75. The molecule has 1 saturated heterocycles. The van der Waals surface area contributed by atoms with Crippen molar-refractivity contribution in [1.82, 2.24) is 13.8 Å². The van der Waals surface area contributed by atoms with Crippen LogP contribution in [0.5, 0.6) is 0 Å². The van der Waals surface area contributed by atoms with E-state index in [1.165, 1.54) is 44.8 Å². The number of hydrogen-bond donors (Lipinski definition) is 0. The number of carbonyl (C=O) groups is 2. The van der Waals surface area contributed by atoms with Crippen molar-refractivity contribution in [2.75, 3.05) is 32.8 Å². The van der Waals surface area contributed by atoms with Crippen molar-refractivity contribution in [3.63, 3.8) is 0 Å². The topological polar surface area (TPSA) is 101 Å². The van der Waals surface area contributed by atoms with E-state index in [4.69, 9.17) is 16.3 Å². The van der Waals surface area contributed by atoms with Crippen molar-refractivity contribution in [3.05, 3.63) is 57.9 Å². The zero-order chi connectivity index (χ0) is 24.5.